The maximum atomic E-state index is 11.9. The summed E-state index contributed by atoms with van der Waals surface area (Å²) in [7, 11) is 0. The molecule has 2 N–H and O–H groups in total. The molecule has 4 nitrogen and oxygen atoms in total. The van der Waals surface area contributed by atoms with E-state index in [2.05, 4.69) is 47.0 Å². The van der Waals surface area contributed by atoms with Crippen LogP contribution in [0.25, 0.3) is 0 Å². The highest BCUT2D eigenvalue weighted by molar-refractivity contribution is 9.10. The van der Waals surface area contributed by atoms with Gasteiger partial charge in [0.05, 0.1) is 0 Å². The van der Waals surface area contributed by atoms with Crippen molar-refractivity contribution < 1.29 is 9.53 Å². The molecule has 0 aliphatic rings. The van der Waals surface area contributed by atoms with Crippen molar-refractivity contribution in [2.75, 3.05) is 13.1 Å². The molecular formula is C16H23BrN2O2. The Labute approximate surface area is 135 Å². The van der Waals surface area contributed by atoms with Gasteiger partial charge in [-0.25, -0.2) is 0 Å². The molecule has 0 saturated carbocycles. The highest BCUT2D eigenvalue weighted by Crippen LogP contribution is 2.29. The normalized spacial score (nSPS) is 13.3. The lowest BCUT2D eigenvalue weighted by Crippen LogP contribution is -2.36. The van der Waals surface area contributed by atoms with E-state index in [1.165, 1.54) is 0 Å². The lowest BCUT2D eigenvalue weighted by molar-refractivity contribution is -0.127. The Balaban J connectivity index is 2.87. The van der Waals surface area contributed by atoms with Gasteiger partial charge in [-0.15, -0.1) is 6.58 Å². The number of carbonyl (C=O) groups excluding carboxylic acids is 1. The van der Waals surface area contributed by atoms with Gasteiger partial charge in [0.15, 0.2) is 6.10 Å². The van der Waals surface area contributed by atoms with E-state index in [9.17, 15) is 4.79 Å². The van der Waals surface area contributed by atoms with Crippen molar-refractivity contribution in [3.63, 3.8) is 0 Å². The van der Waals surface area contributed by atoms with Crippen LogP contribution in [-0.4, -0.2) is 25.1 Å². The first-order valence-electron chi connectivity index (χ1n) is 7.07. The van der Waals surface area contributed by atoms with E-state index in [1.54, 1.807) is 13.0 Å². The summed E-state index contributed by atoms with van der Waals surface area (Å²) in [5, 5.41) is 6.08. The Morgan fingerprint density at radius 1 is 1.48 bits per heavy atom. The van der Waals surface area contributed by atoms with Crippen molar-refractivity contribution in [1.29, 1.82) is 0 Å². The van der Waals surface area contributed by atoms with Crippen LogP contribution in [0.15, 0.2) is 35.3 Å². The van der Waals surface area contributed by atoms with Crippen LogP contribution in [0, 0.1) is 0 Å². The lowest BCUT2D eigenvalue weighted by Gasteiger charge is -2.21. The molecule has 0 radical (unpaired) electrons. The fraction of sp³-hybridized carbons (Fsp3) is 0.438. The van der Waals surface area contributed by atoms with Crippen LogP contribution >= 0.6 is 15.9 Å². The Hall–Kier alpha value is -1.33. The molecule has 0 saturated heterocycles. The van der Waals surface area contributed by atoms with Crippen molar-refractivity contribution in [3.05, 3.63) is 40.9 Å². The molecule has 0 aromatic heterocycles. The third-order valence-electron chi connectivity index (χ3n) is 3.05. The number of halogens is 1. The minimum absolute atomic E-state index is 0.154. The largest absolute Gasteiger partial charge is 0.481 e. The average molecular weight is 355 g/mol. The number of hydrogen-bond acceptors (Lipinski definition) is 3. The smallest absolute Gasteiger partial charge is 0.261 e. The Bertz CT molecular complexity index is 491. The van der Waals surface area contributed by atoms with E-state index < -0.39 is 6.10 Å². The lowest BCUT2D eigenvalue weighted by atomic mass is 10.1. The Morgan fingerprint density at radius 2 is 2.19 bits per heavy atom. The summed E-state index contributed by atoms with van der Waals surface area (Å²) in [6.07, 6.45) is 1.08. The van der Waals surface area contributed by atoms with Crippen molar-refractivity contribution in [3.8, 4) is 5.75 Å². The maximum absolute atomic E-state index is 11.9. The van der Waals surface area contributed by atoms with E-state index >= 15 is 0 Å². The summed E-state index contributed by atoms with van der Waals surface area (Å²) in [4.78, 5) is 11.9. The molecule has 0 spiro atoms. The fourth-order valence-electron chi connectivity index (χ4n) is 1.94. The molecule has 2 atom stereocenters. The van der Waals surface area contributed by atoms with Crippen LogP contribution in [0.3, 0.4) is 0 Å². The van der Waals surface area contributed by atoms with Crippen molar-refractivity contribution in [2.45, 2.75) is 32.9 Å². The Morgan fingerprint density at radius 3 is 2.81 bits per heavy atom. The zero-order valence-corrected chi connectivity index (χ0v) is 14.4. The molecule has 1 rings (SSSR count). The first kappa shape index (κ1) is 17.7. The molecule has 0 bridgehead atoms. The molecule has 0 aliphatic heterocycles. The van der Waals surface area contributed by atoms with E-state index in [-0.39, 0.29) is 11.9 Å². The van der Waals surface area contributed by atoms with Crippen LogP contribution < -0.4 is 15.4 Å². The summed E-state index contributed by atoms with van der Waals surface area (Å²) in [6, 6.07) is 6.02. The molecule has 5 heteroatoms. The van der Waals surface area contributed by atoms with Gasteiger partial charge in [-0.3, -0.25) is 4.79 Å². The molecule has 1 aromatic carbocycles. The number of carbonyl (C=O) groups is 1. The molecule has 2 unspecified atom stereocenters. The SMILES string of the molecule is C=CCNC(=O)C(C)Oc1cc(Br)ccc1C(C)NCC. The second-order valence-electron chi connectivity index (χ2n) is 4.76. The highest BCUT2D eigenvalue weighted by Gasteiger charge is 2.18. The predicted octanol–water partition coefficient (Wildman–Crippen LogP) is 3.19. The van der Waals surface area contributed by atoms with Gasteiger partial charge in [0.1, 0.15) is 5.75 Å². The monoisotopic (exact) mass is 354 g/mol. The standard InChI is InChI=1S/C16H23BrN2O2/c1-5-9-19-16(20)12(4)21-15-10-13(17)7-8-14(15)11(3)18-6-2/h5,7-8,10-12,18H,1,6,9H2,2-4H3,(H,19,20). The number of rotatable bonds is 8. The maximum Gasteiger partial charge on any atom is 0.261 e. The number of nitrogens with one attached hydrogen (secondary N) is 2. The molecule has 0 heterocycles. The minimum atomic E-state index is -0.563. The zero-order valence-electron chi connectivity index (χ0n) is 12.8. The number of amides is 1. The van der Waals surface area contributed by atoms with E-state index in [0.717, 1.165) is 16.6 Å². The number of benzene rings is 1. The Kier molecular flexibility index (Phi) is 7.47. The van der Waals surface area contributed by atoms with Crippen LogP contribution in [0.5, 0.6) is 5.75 Å². The van der Waals surface area contributed by atoms with Gasteiger partial charge in [-0.05, 0) is 32.5 Å². The van der Waals surface area contributed by atoms with Gasteiger partial charge >= 0.3 is 0 Å². The third kappa shape index (κ3) is 5.52. The molecule has 116 valence electrons. The molecule has 0 aliphatic carbocycles. The molecule has 21 heavy (non-hydrogen) atoms. The molecule has 0 fully saturated rings. The topological polar surface area (TPSA) is 50.4 Å². The van der Waals surface area contributed by atoms with Crippen LogP contribution in [0.4, 0.5) is 0 Å². The summed E-state index contributed by atoms with van der Waals surface area (Å²) in [5.74, 6) is 0.552. The molecular weight excluding hydrogens is 332 g/mol. The van der Waals surface area contributed by atoms with Crippen LogP contribution in [-0.2, 0) is 4.79 Å². The zero-order chi connectivity index (χ0) is 15.8. The van der Waals surface area contributed by atoms with E-state index in [1.807, 2.05) is 18.2 Å². The van der Waals surface area contributed by atoms with E-state index in [0.29, 0.717) is 12.3 Å². The summed E-state index contributed by atoms with van der Waals surface area (Å²) >= 11 is 3.44. The van der Waals surface area contributed by atoms with Gasteiger partial charge in [0, 0.05) is 22.6 Å². The van der Waals surface area contributed by atoms with Crippen LogP contribution in [0.2, 0.25) is 0 Å². The minimum Gasteiger partial charge on any atom is -0.481 e. The quantitative estimate of drug-likeness (QED) is 0.704. The number of ether oxygens (including phenoxy) is 1. The molecule has 1 amide bonds. The first-order valence-corrected chi connectivity index (χ1v) is 7.87. The van der Waals surface area contributed by atoms with Gasteiger partial charge < -0.3 is 15.4 Å². The van der Waals surface area contributed by atoms with Crippen molar-refractivity contribution >= 4 is 21.8 Å². The third-order valence-corrected chi connectivity index (χ3v) is 3.54. The number of hydrogen-bond donors (Lipinski definition) is 2. The molecule has 1 aromatic rings. The summed E-state index contributed by atoms with van der Waals surface area (Å²) in [6.45, 7) is 10.7. The van der Waals surface area contributed by atoms with Gasteiger partial charge in [0.2, 0.25) is 0 Å². The second-order valence-corrected chi connectivity index (χ2v) is 5.67. The van der Waals surface area contributed by atoms with E-state index in [4.69, 9.17) is 4.74 Å². The highest BCUT2D eigenvalue weighted by atomic mass is 79.9. The predicted molar refractivity (Wildman–Crippen MR) is 89.5 cm³/mol. The van der Waals surface area contributed by atoms with Gasteiger partial charge in [-0.2, -0.15) is 0 Å². The van der Waals surface area contributed by atoms with Crippen LogP contribution in [0.1, 0.15) is 32.4 Å². The van der Waals surface area contributed by atoms with Crippen molar-refractivity contribution in [1.82, 2.24) is 10.6 Å². The summed E-state index contributed by atoms with van der Waals surface area (Å²) in [5.41, 5.74) is 1.03. The first-order chi connectivity index (χ1) is 9.99. The van der Waals surface area contributed by atoms with Gasteiger partial charge in [-0.1, -0.05) is 35.0 Å². The fourth-order valence-corrected chi connectivity index (χ4v) is 2.28. The summed E-state index contributed by atoms with van der Waals surface area (Å²) < 4.78 is 6.76. The van der Waals surface area contributed by atoms with Gasteiger partial charge in [0.25, 0.3) is 5.91 Å². The van der Waals surface area contributed by atoms with Crippen molar-refractivity contribution in [2.24, 2.45) is 0 Å². The average Bonchev–Trinajstić information content (AvgIpc) is 2.44. The second kappa shape index (κ2) is 8.85.